The predicted molar refractivity (Wildman–Crippen MR) is 226 cm³/mol. The fourth-order valence-electron chi connectivity index (χ4n) is 9.91. The van der Waals surface area contributed by atoms with Crippen LogP contribution in [0.3, 0.4) is 0 Å². The van der Waals surface area contributed by atoms with Crippen molar-refractivity contribution in [2.45, 2.75) is 31.1 Å². The number of hydrogen-bond acceptors (Lipinski definition) is 13. The Kier molecular flexibility index (Phi) is 10.6. The van der Waals surface area contributed by atoms with Gasteiger partial charge in [-0.05, 0) is 79.3 Å². The van der Waals surface area contributed by atoms with Crippen LogP contribution in [0.5, 0.6) is 17.2 Å². The van der Waals surface area contributed by atoms with Crippen LogP contribution in [0.2, 0.25) is 10.0 Å². The summed E-state index contributed by atoms with van der Waals surface area (Å²) < 4.78 is 11.3. The number of ether oxygens (including phenoxy) is 2. The highest BCUT2D eigenvalue weighted by atomic mass is 35.5. The van der Waals surface area contributed by atoms with Gasteiger partial charge in [-0.2, -0.15) is 5.01 Å². The standard InChI is InChI=1S/C43H38Cl2N6O11/c1-5-62-35-16-21(6-15-34(35)52)37-26-12-13-27-36(41(55)48(39(27)53)24-18-32(50(57)58)38(47(2)3)33(19-24)51(59)60)28(26)20-29-40(54)49(46-31-14-9-23(44)17-30(31)45)42(56)43(29,37)22-7-10-25(61-4)11-8-22/h6-12,14-19,27-29,36-37,46,52H,5,13,20H2,1-4H3. The Labute approximate surface area is 363 Å². The normalized spacial score (nSPS) is 24.0. The number of phenols is 1. The van der Waals surface area contributed by atoms with Crippen molar-refractivity contribution in [1.82, 2.24) is 5.01 Å². The van der Waals surface area contributed by atoms with Gasteiger partial charge in [-0.15, -0.1) is 0 Å². The van der Waals surface area contributed by atoms with Gasteiger partial charge in [-0.25, -0.2) is 4.90 Å². The molecule has 3 fully saturated rings. The summed E-state index contributed by atoms with van der Waals surface area (Å²) in [5.41, 5.74) is 0.813. The summed E-state index contributed by atoms with van der Waals surface area (Å²) in [5, 5.41) is 36.8. The highest BCUT2D eigenvalue weighted by Crippen LogP contribution is 2.65. The molecular formula is C43H38Cl2N6O11. The molecule has 0 radical (unpaired) electrons. The quantitative estimate of drug-likeness (QED) is 0.0662. The van der Waals surface area contributed by atoms with Crippen molar-refractivity contribution in [3.8, 4) is 17.2 Å². The van der Waals surface area contributed by atoms with Gasteiger partial charge in [0.25, 0.3) is 11.8 Å². The van der Waals surface area contributed by atoms with Crippen molar-refractivity contribution in [1.29, 1.82) is 0 Å². The minimum absolute atomic E-state index is 0.0156. The Morgan fingerprint density at radius 3 is 2.18 bits per heavy atom. The maximum atomic E-state index is 15.6. The molecule has 0 spiro atoms. The van der Waals surface area contributed by atoms with Gasteiger partial charge >= 0.3 is 11.4 Å². The van der Waals surface area contributed by atoms with E-state index in [2.05, 4.69) is 5.43 Å². The van der Waals surface area contributed by atoms with E-state index in [1.165, 1.54) is 50.4 Å². The van der Waals surface area contributed by atoms with Crippen LogP contribution in [-0.4, -0.2) is 71.4 Å². The molecule has 8 rings (SSSR count). The SMILES string of the molecule is CCOc1cc(C2C3=CCC4C(=O)N(c5cc([N+](=O)[O-])c(N(C)C)c([N+](=O)[O-])c5)C(=O)C4C3CC3C(=O)N(Nc4ccc(Cl)cc4Cl)C(=O)C32c2ccc(OC)cc2)ccc1O. The molecule has 1 saturated carbocycles. The number of nitro groups is 2. The number of hydrazine groups is 1. The zero-order chi connectivity index (χ0) is 44.5. The third-order valence-corrected chi connectivity index (χ3v) is 12.9. The molecule has 6 unspecified atom stereocenters. The third kappa shape index (κ3) is 6.36. The Balaban J connectivity index is 1.33. The van der Waals surface area contributed by atoms with E-state index in [9.17, 15) is 34.9 Å². The van der Waals surface area contributed by atoms with Crippen LogP contribution in [-0.2, 0) is 24.6 Å². The van der Waals surface area contributed by atoms with Gasteiger partial charge in [0.2, 0.25) is 11.8 Å². The summed E-state index contributed by atoms with van der Waals surface area (Å²) in [6, 6.07) is 17.8. The van der Waals surface area contributed by atoms with Crippen molar-refractivity contribution >= 4 is 75.3 Å². The van der Waals surface area contributed by atoms with Crippen LogP contribution in [0.25, 0.3) is 0 Å². The summed E-state index contributed by atoms with van der Waals surface area (Å²) in [5.74, 6) is -7.68. The molecule has 17 nitrogen and oxygen atoms in total. The number of nitro benzene ring substituents is 2. The Morgan fingerprint density at radius 2 is 1.58 bits per heavy atom. The van der Waals surface area contributed by atoms with Gasteiger partial charge in [0.1, 0.15) is 5.75 Å². The molecule has 4 aliphatic rings. The smallest absolute Gasteiger partial charge is 0.301 e. The van der Waals surface area contributed by atoms with Crippen LogP contribution in [0.15, 0.2) is 84.4 Å². The monoisotopic (exact) mass is 884 g/mol. The number of fused-ring (bicyclic) bond motifs is 4. The molecule has 2 N–H and O–H groups in total. The highest BCUT2D eigenvalue weighted by molar-refractivity contribution is 6.36. The first-order chi connectivity index (χ1) is 29.5. The van der Waals surface area contributed by atoms with Crippen LogP contribution in [0.4, 0.5) is 28.4 Å². The number of imide groups is 2. The van der Waals surface area contributed by atoms with Gasteiger partial charge in [0.15, 0.2) is 17.2 Å². The minimum atomic E-state index is -1.72. The first-order valence-corrected chi connectivity index (χ1v) is 20.2. The largest absolute Gasteiger partial charge is 0.504 e. The molecule has 0 bridgehead atoms. The molecule has 6 atom stereocenters. The average molecular weight is 886 g/mol. The second-order valence-electron chi connectivity index (χ2n) is 15.6. The van der Waals surface area contributed by atoms with Crippen LogP contribution >= 0.6 is 23.2 Å². The number of anilines is 3. The molecule has 19 heteroatoms. The lowest BCUT2D eigenvalue weighted by Crippen LogP contribution is -2.53. The van der Waals surface area contributed by atoms with E-state index in [1.807, 2.05) is 0 Å². The second kappa shape index (κ2) is 15.6. The van der Waals surface area contributed by atoms with Crippen molar-refractivity contribution in [2.24, 2.45) is 23.7 Å². The molecule has 4 amide bonds. The number of halogens is 2. The number of hydrogen-bond donors (Lipinski definition) is 2. The van der Waals surface area contributed by atoms with Crippen molar-refractivity contribution in [2.75, 3.05) is 43.0 Å². The molecule has 2 aliphatic heterocycles. The number of nitrogens with zero attached hydrogens (tertiary/aromatic N) is 5. The molecule has 2 aliphatic carbocycles. The van der Waals surface area contributed by atoms with Crippen LogP contribution in [0.1, 0.15) is 36.8 Å². The number of methoxy groups -OCH3 is 1. The summed E-state index contributed by atoms with van der Waals surface area (Å²) >= 11 is 12.7. The zero-order valence-electron chi connectivity index (χ0n) is 33.5. The number of carbonyl (C=O) groups is 4. The first-order valence-electron chi connectivity index (χ1n) is 19.5. The first kappa shape index (κ1) is 42.0. The number of aromatic hydroxyl groups is 1. The predicted octanol–water partition coefficient (Wildman–Crippen LogP) is 7.18. The van der Waals surface area contributed by atoms with E-state index >= 15 is 9.59 Å². The van der Waals surface area contributed by atoms with Crippen LogP contribution in [0, 0.1) is 43.9 Å². The molecule has 4 aromatic carbocycles. The lowest BCUT2D eigenvalue weighted by Gasteiger charge is -2.50. The van der Waals surface area contributed by atoms with Gasteiger partial charge in [0, 0.05) is 37.2 Å². The lowest BCUT2D eigenvalue weighted by molar-refractivity contribution is -0.392. The van der Waals surface area contributed by atoms with Gasteiger partial charge < -0.3 is 19.5 Å². The molecule has 62 heavy (non-hydrogen) atoms. The fraction of sp³-hybridized carbons (Fsp3) is 0.302. The van der Waals surface area contributed by atoms with Crippen molar-refractivity contribution in [3.63, 3.8) is 0 Å². The van der Waals surface area contributed by atoms with E-state index in [1.54, 1.807) is 49.4 Å². The van der Waals surface area contributed by atoms with E-state index in [0.717, 1.165) is 22.0 Å². The van der Waals surface area contributed by atoms with E-state index in [-0.39, 0.29) is 53.0 Å². The Bertz CT molecular complexity index is 2600. The van der Waals surface area contributed by atoms with Gasteiger partial charge in [0.05, 0.1) is 63.1 Å². The Hall–Kier alpha value is -6.72. The van der Waals surface area contributed by atoms with E-state index in [0.29, 0.717) is 27.5 Å². The fourth-order valence-corrected chi connectivity index (χ4v) is 10.4. The minimum Gasteiger partial charge on any atom is -0.504 e. The number of amides is 4. The molecule has 2 saturated heterocycles. The van der Waals surface area contributed by atoms with E-state index in [4.69, 9.17) is 32.7 Å². The van der Waals surface area contributed by atoms with Crippen molar-refractivity contribution in [3.05, 3.63) is 126 Å². The second-order valence-corrected chi connectivity index (χ2v) is 16.5. The van der Waals surface area contributed by atoms with Gasteiger partial charge in [-0.1, -0.05) is 53.1 Å². The summed E-state index contributed by atoms with van der Waals surface area (Å²) in [4.78, 5) is 84.9. The topological polar surface area (TPSA) is 215 Å². The average Bonchev–Trinajstić information content (AvgIpc) is 3.62. The number of benzene rings is 4. The summed E-state index contributed by atoms with van der Waals surface area (Å²) in [7, 11) is 4.28. The summed E-state index contributed by atoms with van der Waals surface area (Å²) in [6.45, 7) is 1.91. The number of nitrogens with one attached hydrogen (secondary N) is 1. The molecule has 2 heterocycles. The van der Waals surface area contributed by atoms with Crippen LogP contribution < -0.4 is 24.7 Å². The molecule has 4 aromatic rings. The summed E-state index contributed by atoms with van der Waals surface area (Å²) in [6.07, 6.45) is 1.66. The third-order valence-electron chi connectivity index (χ3n) is 12.4. The maximum Gasteiger partial charge on any atom is 0.301 e. The zero-order valence-corrected chi connectivity index (χ0v) is 35.0. The van der Waals surface area contributed by atoms with E-state index < -0.39 is 79.9 Å². The van der Waals surface area contributed by atoms with Crippen molar-refractivity contribution < 1.29 is 43.6 Å². The number of allylic oxidation sites excluding steroid dienone is 2. The number of phenolic OH excluding ortho intramolecular Hbond substituents is 1. The number of carbonyl (C=O) groups excluding carboxylic acids is 4. The molecule has 320 valence electrons. The molecule has 0 aromatic heterocycles. The van der Waals surface area contributed by atoms with Gasteiger partial charge in [-0.3, -0.25) is 44.8 Å². The lowest BCUT2D eigenvalue weighted by atomic mass is 9.49. The highest BCUT2D eigenvalue weighted by Gasteiger charge is 2.70. The Morgan fingerprint density at radius 1 is 0.903 bits per heavy atom. The number of rotatable bonds is 11. The molecular weight excluding hydrogens is 847 g/mol. The maximum absolute atomic E-state index is 15.6.